The van der Waals surface area contributed by atoms with Gasteiger partial charge in [-0.05, 0) is 82.2 Å². The fourth-order valence-electron chi connectivity index (χ4n) is 3.45. The minimum absolute atomic E-state index is 0.0253. The molecule has 3 rings (SSSR count). The van der Waals surface area contributed by atoms with Gasteiger partial charge in [-0.2, -0.15) is 13.9 Å². The van der Waals surface area contributed by atoms with Crippen LogP contribution in [0.5, 0.6) is 11.5 Å². The van der Waals surface area contributed by atoms with Crippen molar-refractivity contribution in [2.24, 2.45) is 0 Å². The van der Waals surface area contributed by atoms with Crippen LogP contribution in [0.1, 0.15) is 24.4 Å². The fourth-order valence-corrected chi connectivity index (χ4v) is 3.75. The number of alkyl halides is 2. The molecule has 1 heterocycles. The average Bonchev–Trinajstić information content (AvgIpc) is 3.09. The van der Waals surface area contributed by atoms with E-state index in [1.807, 2.05) is 42.4 Å². The average molecular weight is 496 g/mol. The second-order valence-electron chi connectivity index (χ2n) is 8.11. The van der Waals surface area contributed by atoms with E-state index in [9.17, 15) is 13.2 Å². The molecule has 184 valence electrons. The predicted molar refractivity (Wildman–Crippen MR) is 126 cm³/mol. The van der Waals surface area contributed by atoms with E-state index in [2.05, 4.69) is 4.74 Å². The Balaban J connectivity index is 1.88. The third-order valence-electron chi connectivity index (χ3n) is 5.37. The number of nitrogens with zero attached hydrogens (tertiary/aromatic N) is 5. The van der Waals surface area contributed by atoms with Crippen molar-refractivity contribution in [3.8, 4) is 17.2 Å². The Morgan fingerprint density at radius 3 is 2.32 bits per heavy atom. The normalized spacial score (nSPS) is 12.6. The van der Waals surface area contributed by atoms with Crippen LogP contribution in [0.4, 0.5) is 13.2 Å². The maximum atomic E-state index is 13.5. The van der Waals surface area contributed by atoms with E-state index >= 15 is 0 Å². The summed E-state index contributed by atoms with van der Waals surface area (Å²) in [5.74, 6) is 0.586. The van der Waals surface area contributed by atoms with Gasteiger partial charge in [0, 0.05) is 12.2 Å². The molecule has 2 aromatic carbocycles. The first-order valence-electron chi connectivity index (χ1n) is 10.5. The molecule has 1 atom stereocenters. The number of ether oxygens (including phenoxy) is 2. The zero-order valence-corrected chi connectivity index (χ0v) is 20.5. The zero-order valence-electron chi connectivity index (χ0n) is 19.7. The van der Waals surface area contributed by atoms with Crippen LogP contribution in [0.25, 0.3) is 5.69 Å². The molecule has 0 aliphatic carbocycles. The lowest BCUT2D eigenvalue weighted by Gasteiger charge is -2.19. The molecule has 1 unspecified atom stereocenters. The van der Waals surface area contributed by atoms with Crippen molar-refractivity contribution in [1.29, 1.82) is 0 Å². The molecule has 0 N–H and O–H groups in total. The SMILES string of the molecule is COc1ccc(CN(C)Cn2nc(C(C)N(C)C)n(-c3ccc(F)cc3)c2=S)cc1OC(F)F. The first-order valence-corrected chi connectivity index (χ1v) is 10.9. The van der Waals surface area contributed by atoms with Gasteiger partial charge in [-0.25, -0.2) is 9.07 Å². The molecular formula is C23H28F3N5O2S. The number of aromatic nitrogens is 3. The number of rotatable bonds is 10. The van der Waals surface area contributed by atoms with Gasteiger partial charge >= 0.3 is 6.61 Å². The van der Waals surface area contributed by atoms with E-state index in [4.69, 9.17) is 22.1 Å². The lowest BCUT2D eigenvalue weighted by Crippen LogP contribution is -2.23. The summed E-state index contributed by atoms with van der Waals surface area (Å²) < 4.78 is 52.6. The van der Waals surface area contributed by atoms with E-state index in [1.165, 1.54) is 25.3 Å². The van der Waals surface area contributed by atoms with Gasteiger partial charge in [0.15, 0.2) is 17.3 Å². The third kappa shape index (κ3) is 5.96. The molecule has 0 aliphatic rings. The van der Waals surface area contributed by atoms with Crippen LogP contribution in [0.2, 0.25) is 0 Å². The summed E-state index contributed by atoms with van der Waals surface area (Å²) in [7, 11) is 7.14. The van der Waals surface area contributed by atoms with Crippen LogP contribution < -0.4 is 9.47 Å². The van der Waals surface area contributed by atoms with Gasteiger partial charge in [0.25, 0.3) is 0 Å². The molecule has 0 amide bonds. The quantitative estimate of drug-likeness (QED) is 0.374. The largest absolute Gasteiger partial charge is 0.493 e. The van der Waals surface area contributed by atoms with Crippen molar-refractivity contribution in [1.82, 2.24) is 24.1 Å². The summed E-state index contributed by atoms with van der Waals surface area (Å²) in [6.07, 6.45) is 0. The summed E-state index contributed by atoms with van der Waals surface area (Å²) in [5.41, 5.74) is 1.47. The number of methoxy groups -OCH3 is 1. The first-order chi connectivity index (χ1) is 16.1. The van der Waals surface area contributed by atoms with Gasteiger partial charge < -0.3 is 9.47 Å². The van der Waals surface area contributed by atoms with E-state index < -0.39 is 6.61 Å². The van der Waals surface area contributed by atoms with Crippen molar-refractivity contribution < 1.29 is 22.6 Å². The fraction of sp³-hybridized carbons (Fsp3) is 0.391. The second-order valence-corrected chi connectivity index (χ2v) is 8.48. The highest BCUT2D eigenvalue weighted by molar-refractivity contribution is 7.71. The molecular weight excluding hydrogens is 467 g/mol. The van der Waals surface area contributed by atoms with E-state index in [0.717, 1.165) is 5.56 Å². The minimum Gasteiger partial charge on any atom is -0.493 e. The van der Waals surface area contributed by atoms with Gasteiger partial charge in [-0.1, -0.05) is 6.07 Å². The molecule has 0 bridgehead atoms. The Labute approximate surface area is 201 Å². The van der Waals surface area contributed by atoms with Crippen LogP contribution in [-0.4, -0.2) is 59.0 Å². The highest BCUT2D eigenvalue weighted by Crippen LogP contribution is 2.30. The van der Waals surface area contributed by atoms with Gasteiger partial charge in [-0.3, -0.25) is 14.4 Å². The highest BCUT2D eigenvalue weighted by atomic mass is 32.1. The monoisotopic (exact) mass is 495 g/mol. The zero-order chi connectivity index (χ0) is 25.0. The summed E-state index contributed by atoms with van der Waals surface area (Å²) in [6, 6.07) is 10.9. The molecule has 11 heteroatoms. The topological polar surface area (TPSA) is 47.7 Å². The van der Waals surface area contributed by atoms with Gasteiger partial charge in [0.05, 0.1) is 19.8 Å². The summed E-state index contributed by atoms with van der Waals surface area (Å²) in [5, 5.41) is 4.75. The van der Waals surface area contributed by atoms with Crippen molar-refractivity contribution >= 4 is 12.2 Å². The molecule has 7 nitrogen and oxygen atoms in total. The van der Waals surface area contributed by atoms with Gasteiger partial charge in [0.2, 0.25) is 4.77 Å². The van der Waals surface area contributed by atoms with Gasteiger partial charge in [0.1, 0.15) is 5.82 Å². The number of hydrogen-bond acceptors (Lipinski definition) is 6. The smallest absolute Gasteiger partial charge is 0.387 e. The molecule has 0 aliphatic heterocycles. The van der Waals surface area contributed by atoms with E-state index in [1.54, 1.807) is 28.9 Å². The number of hydrogen-bond donors (Lipinski definition) is 0. The van der Waals surface area contributed by atoms with Gasteiger partial charge in [-0.15, -0.1) is 0 Å². The molecule has 0 spiro atoms. The van der Waals surface area contributed by atoms with Crippen molar-refractivity contribution in [2.75, 3.05) is 28.3 Å². The molecule has 34 heavy (non-hydrogen) atoms. The lowest BCUT2D eigenvalue weighted by molar-refractivity contribution is -0.0512. The Kier molecular flexibility index (Phi) is 8.34. The highest BCUT2D eigenvalue weighted by Gasteiger charge is 2.21. The van der Waals surface area contributed by atoms with Crippen LogP contribution in [0.15, 0.2) is 42.5 Å². The van der Waals surface area contributed by atoms with Crippen LogP contribution in [0, 0.1) is 10.6 Å². The summed E-state index contributed by atoms with van der Waals surface area (Å²) >= 11 is 5.72. The number of halogens is 3. The molecule has 0 saturated carbocycles. The maximum absolute atomic E-state index is 13.5. The van der Waals surface area contributed by atoms with Crippen LogP contribution in [0.3, 0.4) is 0 Å². The molecule has 3 aromatic rings. The Hall–Kier alpha value is -2.89. The summed E-state index contributed by atoms with van der Waals surface area (Å²) in [6.45, 7) is -0.176. The van der Waals surface area contributed by atoms with Crippen molar-refractivity contribution in [2.45, 2.75) is 32.8 Å². The van der Waals surface area contributed by atoms with Crippen LogP contribution in [-0.2, 0) is 13.2 Å². The molecule has 0 saturated heterocycles. The summed E-state index contributed by atoms with van der Waals surface area (Å²) in [4.78, 5) is 3.95. The standard InChI is InChI=1S/C23H28F3N5O2S/c1-15(28(2)3)21-27-30(23(34)31(21)18-9-7-17(24)8-10-18)14-29(4)13-16-6-11-19(32-5)20(12-16)33-22(25)26/h6-12,15,22H,13-14H2,1-5H3. The van der Waals surface area contributed by atoms with E-state index in [0.29, 0.717) is 29.5 Å². The van der Waals surface area contributed by atoms with Crippen molar-refractivity contribution in [3.63, 3.8) is 0 Å². The molecule has 1 aromatic heterocycles. The molecule has 0 fully saturated rings. The maximum Gasteiger partial charge on any atom is 0.387 e. The van der Waals surface area contributed by atoms with Crippen molar-refractivity contribution in [3.05, 3.63) is 64.4 Å². The Morgan fingerprint density at radius 1 is 1.06 bits per heavy atom. The van der Waals surface area contributed by atoms with E-state index in [-0.39, 0.29) is 23.4 Å². The molecule has 0 radical (unpaired) electrons. The predicted octanol–water partition coefficient (Wildman–Crippen LogP) is 4.86. The minimum atomic E-state index is -2.95. The Bertz CT molecular complexity index is 1160. The van der Waals surface area contributed by atoms with Crippen LogP contribution >= 0.6 is 12.2 Å². The first kappa shape index (κ1) is 25.7. The second kappa shape index (κ2) is 11.0. The number of benzene rings is 2. The third-order valence-corrected chi connectivity index (χ3v) is 5.76. The Morgan fingerprint density at radius 2 is 1.74 bits per heavy atom. The lowest BCUT2D eigenvalue weighted by atomic mass is 10.2.